The molecule has 0 unspecified atom stereocenters. The highest BCUT2D eigenvalue weighted by Gasteiger charge is 2.19. The van der Waals surface area contributed by atoms with Crippen molar-refractivity contribution in [1.82, 2.24) is 14.9 Å². The fourth-order valence-electron chi connectivity index (χ4n) is 4.82. The second-order valence-corrected chi connectivity index (χ2v) is 10.1. The molecule has 3 amide bonds. The van der Waals surface area contributed by atoms with E-state index in [9.17, 15) is 9.59 Å². The molecule has 10 heteroatoms. The lowest BCUT2D eigenvalue weighted by molar-refractivity contribution is 0.0827. The van der Waals surface area contributed by atoms with E-state index in [1.54, 1.807) is 50.9 Å². The average Bonchev–Trinajstić information content (AvgIpc) is 3.56. The first-order valence-electron chi connectivity index (χ1n) is 13.6. The first-order chi connectivity index (χ1) is 20.4. The maximum Gasteiger partial charge on any atom is 0.323 e. The van der Waals surface area contributed by atoms with Gasteiger partial charge in [0.25, 0.3) is 5.91 Å². The van der Waals surface area contributed by atoms with E-state index in [0.29, 0.717) is 36.0 Å². The van der Waals surface area contributed by atoms with E-state index < -0.39 is 6.03 Å². The molecule has 3 aromatic carbocycles. The first kappa shape index (κ1) is 27.0. The number of amides is 3. The molecule has 5 aromatic rings. The quantitative estimate of drug-likeness (QED) is 0.271. The minimum Gasteiger partial charge on any atom is -0.472 e. The van der Waals surface area contributed by atoms with Crippen LogP contribution in [-0.2, 0) is 4.74 Å². The summed E-state index contributed by atoms with van der Waals surface area (Å²) in [6.07, 6.45) is 3.37. The van der Waals surface area contributed by atoms with E-state index in [0.717, 1.165) is 46.5 Å². The summed E-state index contributed by atoms with van der Waals surface area (Å²) in [5.41, 5.74) is 5.40. The van der Waals surface area contributed by atoms with Gasteiger partial charge in [0.15, 0.2) is 5.82 Å². The van der Waals surface area contributed by atoms with E-state index in [1.807, 2.05) is 30.3 Å². The van der Waals surface area contributed by atoms with Crippen LogP contribution in [-0.4, -0.2) is 67.2 Å². The zero-order valence-electron chi connectivity index (χ0n) is 23.3. The van der Waals surface area contributed by atoms with Gasteiger partial charge in [0.05, 0.1) is 31.3 Å². The summed E-state index contributed by atoms with van der Waals surface area (Å²) in [7, 11) is 3.39. The lowest BCUT2D eigenvalue weighted by Gasteiger charge is -2.29. The fraction of sp³-hybridized carbons (Fsp3) is 0.188. The number of carbonyl (C=O) groups is 2. The minimum atomic E-state index is -0.391. The summed E-state index contributed by atoms with van der Waals surface area (Å²) in [6.45, 7) is 2.80. The van der Waals surface area contributed by atoms with E-state index in [1.165, 1.54) is 4.90 Å². The Morgan fingerprint density at radius 3 is 2.12 bits per heavy atom. The third-order valence-corrected chi connectivity index (χ3v) is 7.04. The second-order valence-electron chi connectivity index (χ2n) is 10.1. The molecule has 42 heavy (non-hydrogen) atoms. The molecule has 0 atom stereocenters. The van der Waals surface area contributed by atoms with Crippen LogP contribution in [0.15, 0.2) is 89.7 Å². The third-order valence-electron chi connectivity index (χ3n) is 7.04. The molecule has 1 fully saturated rings. The molecular formula is C32H30N6O4. The van der Waals surface area contributed by atoms with Crippen LogP contribution < -0.4 is 15.5 Å². The van der Waals surface area contributed by atoms with Gasteiger partial charge in [-0.3, -0.25) is 4.79 Å². The zero-order valence-corrected chi connectivity index (χ0v) is 23.3. The Morgan fingerprint density at radius 2 is 1.48 bits per heavy atom. The van der Waals surface area contributed by atoms with Crippen molar-refractivity contribution in [2.75, 3.05) is 55.9 Å². The SMILES string of the molecule is CN(C)C(=O)c1ccc(NC(=O)Nc2ccc(-c3nc(N4CCOCC4)c4ccc(-c5ccoc5)cc4n3)cc2)cc1. The lowest BCUT2D eigenvalue weighted by Crippen LogP contribution is -2.37. The Bertz CT molecular complexity index is 1710. The van der Waals surface area contributed by atoms with Crippen molar-refractivity contribution in [3.8, 4) is 22.5 Å². The van der Waals surface area contributed by atoms with Gasteiger partial charge in [-0.05, 0) is 72.3 Å². The van der Waals surface area contributed by atoms with Gasteiger partial charge >= 0.3 is 6.03 Å². The van der Waals surface area contributed by atoms with Gasteiger partial charge in [-0.15, -0.1) is 0 Å². The van der Waals surface area contributed by atoms with Crippen molar-refractivity contribution in [3.05, 3.63) is 90.9 Å². The van der Waals surface area contributed by atoms with Crippen LogP contribution in [0.3, 0.4) is 0 Å². The third kappa shape index (κ3) is 5.79. The molecule has 3 heterocycles. The number of fused-ring (bicyclic) bond motifs is 1. The van der Waals surface area contributed by atoms with E-state index in [4.69, 9.17) is 19.1 Å². The molecule has 2 aromatic heterocycles. The molecule has 10 nitrogen and oxygen atoms in total. The monoisotopic (exact) mass is 562 g/mol. The Morgan fingerprint density at radius 1 is 0.810 bits per heavy atom. The number of urea groups is 1. The molecule has 0 spiro atoms. The van der Waals surface area contributed by atoms with E-state index in [2.05, 4.69) is 33.7 Å². The smallest absolute Gasteiger partial charge is 0.323 e. The van der Waals surface area contributed by atoms with E-state index >= 15 is 0 Å². The van der Waals surface area contributed by atoms with Gasteiger partial charge in [-0.2, -0.15) is 0 Å². The molecule has 1 aliphatic rings. The van der Waals surface area contributed by atoms with Crippen molar-refractivity contribution in [1.29, 1.82) is 0 Å². The molecule has 0 bridgehead atoms. The first-order valence-corrected chi connectivity index (χ1v) is 13.6. The predicted molar refractivity (Wildman–Crippen MR) is 163 cm³/mol. The van der Waals surface area contributed by atoms with Gasteiger partial charge in [-0.1, -0.05) is 6.07 Å². The van der Waals surface area contributed by atoms with Crippen molar-refractivity contribution in [3.63, 3.8) is 0 Å². The topological polar surface area (TPSA) is 113 Å². The van der Waals surface area contributed by atoms with Crippen LogP contribution in [0.5, 0.6) is 0 Å². The molecule has 0 radical (unpaired) electrons. The van der Waals surface area contributed by atoms with Crippen LogP contribution in [0.25, 0.3) is 33.4 Å². The van der Waals surface area contributed by atoms with Crippen LogP contribution in [0, 0.1) is 0 Å². The molecule has 0 saturated carbocycles. The summed E-state index contributed by atoms with van der Waals surface area (Å²) in [4.78, 5) is 38.3. The highest BCUT2D eigenvalue weighted by molar-refractivity contribution is 6.00. The Hall–Kier alpha value is -5.22. The van der Waals surface area contributed by atoms with Gasteiger partial charge in [0, 0.05) is 60.6 Å². The summed E-state index contributed by atoms with van der Waals surface area (Å²) in [6, 6.07) is 21.9. The highest BCUT2D eigenvalue weighted by atomic mass is 16.5. The molecular weight excluding hydrogens is 532 g/mol. The molecule has 1 aliphatic heterocycles. The van der Waals surface area contributed by atoms with Gasteiger partial charge in [0.2, 0.25) is 0 Å². The number of benzene rings is 3. The lowest BCUT2D eigenvalue weighted by atomic mass is 10.1. The van der Waals surface area contributed by atoms with Crippen LogP contribution in [0.1, 0.15) is 10.4 Å². The predicted octanol–water partition coefficient (Wildman–Crippen LogP) is 5.74. The van der Waals surface area contributed by atoms with Crippen molar-refractivity contribution in [2.45, 2.75) is 0 Å². The van der Waals surface area contributed by atoms with Crippen molar-refractivity contribution in [2.24, 2.45) is 0 Å². The fourth-order valence-corrected chi connectivity index (χ4v) is 4.82. The maximum atomic E-state index is 12.6. The number of morpholine rings is 1. The van der Waals surface area contributed by atoms with Crippen molar-refractivity contribution < 1.29 is 18.7 Å². The van der Waals surface area contributed by atoms with E-state index in [-0.39, 0.29) is 5.91 Å². The largest absolute Gasteiger partial charge is 0.472 e. The minimum absolute atomic E-state index is 0.100. The number of anilines is 3. The summed E-state index contributed by atoms with van der Waals surface area (Å²) in [5.74, 6) is 1.37. The average molecular weight is 563 g/mol. The number of rotatable bonds is 6. The summed E-state index contributed by atoms with van der Waals surface area (Å²) < 4.78 is 10.9. The molecule has 1 saturated heterocycles. The Labute approximate surface area is 242 Å². The number of nitrogens with one attached hydrogen (secondary N) is 2. The van der Waals surface area contributed by atoms with Crippen LogP contribution in [0.4, 0.5) is 22.0 Å². The van der Waals surface area contributed by atoms with Crippen LogP contribution >= 0.6 is 0 Å². The number of ether oxygens (including phenoxy) is 1. The Balaban J connectivity index is 1.22. The number of carbonyl (C=O) groups excluding carboxylic acids is 2. The van der Waals surface area contributed by atoms with Gasteiger partial charge in [0.1, 0.15) is 5.82 Å². The van der Waals surface area contributed by atoms with Crippen molar-refractivity contribution >= 4 is 40.0 Å². The highest BCUT2D eigenvalue weighted by Crippen LogP contribution is 2.32. The number of hydrogen-bond acceptors (Lipinski definition) is 7. The molecule has 0 aliphatic carbocycles. The number of nitrogens with zero attached hydrogens (tertiary/aromatic N) is 4. The zero-order chi connectivity index (χ0) is 29.1. The van der Waals surface area contributed by atoms with Gasteiger partial charge < -0.3 is 29.6 Å². The molecule has 6 rings (SSSR count). The normalized spacial score (nSPS) is 13.1. The van der Waals surface area contributed by atoms with Gasteiger partial charge in [-0.25, -0.2) is 14.8 Å². The number of hydrogen-bond donors (Lipinski definition) is 2. The molecule has 2 N–H and O–H groups in total. The Kier molecular flexibility index (Phi) is 7.52. The maximum absolute atomic E-state index is 12.6. The number of furan rings is 1. The molecule has 212 valence electrons. The summed E-state index contributed by atoms with van der Waals surface area (Å²) in [5, 5.41) is 6.61. The number of aromatic nitrogens is 2. The standard InChI is InChI=1S/C32H30N6O4/c1-37(2)31(39)22-5-10-26(11-6-22)34-32(40)33-25-8-3-21(4-9-25)29-35-28-19-23(24-13-16-42-20-24)7-12-27(28)30(36-29)38-14-17-41-18-15-38/h3-13,16,19-20H,14-15,17-18H2,1-2H3,(H2,33,34,40). The second kappa shape index (κ2) is 11.7. The van der Waals surface area contributed by atoms with Crippen LogP contribution in [0.2, 0.25) is 0 Å². The summed E-state index contributed by atoms with van der Waals surface area (Å²) >= 11 is 0.